The number of hydrogen-bond donors (Lipinski definition) is 2. The highest BCUT2D eigenvalue weighted by atomic mass is 16.3. The molecule has 3 rings (SSSR count). The summed E-state index contributed by atoms with van der Waals surface area (Å²) < 4.78 is 0. The van der Waals surface area contributed by atoms with E-state index in [1.807, 2.05) is 49.3 Å². The Morgan fingerprint density at radius 3 is 2.38 bits per heavy atom. The van der Waals surface area contributed by atoms with Gasteiger partial charge in [0, 0.05) is 14.1 Å². The molecular weight excluding hydrogens is 328 g/mol. The van der Waals surface area contributed by atoms with Gasteiger partial charge in [-0.05, 0) is 44.3 Å². The van der Waals surface area contributed by atoms with Crippen LogP contribution in [0.2, 0.25) is 0 Å². The van der Waals surface area contributed by atoms with Crippen molar-refractivity contribution in [1.82, 2.24) is 19.9 Å². The molecule has 3 N–H and O–H groups in total. The SMILES string of the molecule is CC(c1nc(N)nc(N(C)C)n1)N1CCC(C(O)c2ccccc2)CC1. The topological polar surface area (TPSA) is 91.4 Å². The van der Waals surface area contributed by atoms with E-state index in [9.17, 15) is 5.11 Å². The largest absolute Gasteiger partial charge is 0.388 e. The number of aliphatic hydroxyl groups is 1. The zero-order chi connectivity index (χ0) is 18.7. The number of nitrogen functional groups attached to an aromatic ring is 1. The molecule has 1 fully saturated rings. The average Bonchev–Trinajstić information content (AvgIpc) is 2.67. The molecule has 0 bridgehead atoms. The molecule has 0 saturated carbocycles. The molecule has 26 heavy (non-hydrogen) atoms. The first-order valence-corrected chi connectivity index (χ1v) is 9.11. The Morgan fingerprint density at radius 1 is 1.12 bits per heavy atom. The van der Waals surface area contributed by atoms with Gasteiger partial charge in [0.15, 0.2) is 5.82 Å². The number of nitrogens with zero attached hydrogens (tertiary/aromatic N) is 5. The van der Waals surface area contributed by atoms with Crippen molar-refractivity contribution in [3.05, 3.63) is 41.7 Å². The quantitative estimate of drug-likeness (QED) is 0.847. The fourth-order valence-electron chi connectivity index (χ4n) is 3.49. The van der Waals surface area contributed by atoms with Gasteiger partial charge in [-0.3, -0.25) is 4.90 Å². The van der Waals surface area contributed by atoms with Gasteiger partial charge in [-0.15, -0.1) is 0 Å². The Hall–Kier alpha value is -2.25. The van der Waals surface area contributed by atoms with Gasteiger partial charge in [-0.25, -0.2) is 0 Å². The Kier molecular flexibility index (Phi) is 5.68. The van der Waals surface area contributed by atoms with Crippen LogP contribution in [0.3, 0.4) is 0 Å². The van der Waals surface area contributed by atoms with Gasteiger partial charge < -0.3 is 15.7 Å². The van der Waals surface area contributed by atoms with Crippen molar-refractivity contribution in [2.75, 3.05) is 37.8 Å². The molecule has 0 radical (unpaired) electrons. The maximum Gasteiger partial charge on any atom is 0.229 e. The summed E-state index contributed by atoms with van der Waals surface area (Å²) in [6, 6.07) is 9.98. The van der Waals surface area contributed by atoms with Crippen molar-refractivity contribution in [2.24, 2.45) is 5.92 Å². The van der Waals surface area contributed by atoms with Gasteiger partial charge >= 0.3 is 0 Å². The first-order valence-electron chi connectivity index (χ1n) is 9.11. The predicted octanol–water partition coefficient (Wildman–Crippen LogP) is 2.03. The Morgan fingerprint density at radius 2 is 1.77 bits per heavy atom. The lowest BCUT2D eigenvalue weighted by molar-refractivity contribution is 0.0460. The van der Waals surface area contributed by atoms with Crippen LogP contribution < -0.4 is 10.6 Å². The third kappa shape index (κ3) is 4.11. The zero-order valence-electron chi connectivity index (χ0n) is 15.7. The van der Waals surface area contributed by atoms with Crippen molar-refractivity contribution in [2.45, 2.75) is 31.9 Å². The van der Waals surface area contributed by atoms with Crippen molar-refractivity contribution in [3.8, 4) is 0 Å². The van der Waals surface area contributed by atoms with Crippen LogP contribution in [-0.4, -0.2) is 52.1 Å². The van der Waals surface area contributed by atoms with Crippen LogP contribution in [0.4, 0.5) is 11.9 Å². The van der Waals surface area contributed by atoms with Crippen molar-refractivity contribution >= 4 is 11.9 Å². The summed E-state index contributed by atoms with van der Waals surface area (Å²) in [5, 5.41) is 10.6. The molecule has 1 saturated heterocycles. The molecule has 1 aromatic carbocycles. The zero-order valence-corrected chi connectivity index (χ0v) is 15.7. The number of aliphatic hydroxyl groups excluding tert-OH is 1. The molecule has 2 unspecified atom stereocenters. The number of likely N-dealkylation sites (tertiary alicyclic amines) is 1. The summed E-state index contributed by atoms with van der Waals surface area (Å²) >= 11 is 0. The predicted molar refractivity (Wildman–Crippen MR) is 103 cm³/mol. The minimum absolute atomic E-state index is 0.0637. The second-order valence-electron chi connectivity index (χ2n) is 7.15. The third-order valence-corrected chi connectivity index (χ3v) is 5.14. The monoisotopic (exact) mass is 356 g/mol. The highest BCUT2D eigenvalue weighted by Crippen LogP contribution is 2.33. The van der Waals surface area contributed by atoms with Gasteiger partial charge in [0.1, 0.15) is 0 Å². The van der Waals surface area contributed by atoms with Crippen molar-refractivity contribution in [1.29, 1.82) is 0 Å². The van der Waals surface area contributed by atoms with Crippen molar-refractivity contribution in [3.63, 3.8) is 0 Å². The van der Waals surface area contributed by atoms with Gasteiger partial charge in [0.2, 0.25) is 11.9 Å². The molecule has 7 heteroatoms. The lowest BCUT2D eigenvalue weighted by atomic mass is 9.87. The second-order valence-corrected chi connectivity index (χ2v) is 7.15. The minimum atomic E-state index is -0.401. The highest BCUT2D eigenvalue weighted by molar-refractivity contribution is 5.33. The number of benzene rings is 1. The molecule has 2 heterocycles. The van der Waals surface area contributed by atoms with Crippen molar-refractivity contribution < 1.29 is 5.11 Å². The van der Waals surface area contributed by atoms with Crippen LogP contribution in [0.5, 0.6) is 0 Å². The Labute approximate surface area is 154 Å². The molecule has 7 nitrogen and oxygen atoms in total. The number of piperidine rings is 1. The Balaban J connectivity index is 1.64. The summed E-state index contributed by atoms with van der Waals surface area (Å²) in [4.78, 5) is 17.2. The maximum atomic E-state index is 10.6. The van der Waals surface area contributed by atoms with Gasteiger partial charge in [0.05, 0.1) is 12.1 Å². The molecule has 2 aromatic rings. The maximum absolute atomic E-state index is 10.6. The average molecular weight is 356 g/mol. The number of aromatic nitrogens is 3. The number of hydrogen-bond acceptors (Lipinski definition) is 7. The first-order chi connectivity index (χ1) is 12.5. The van der Waals surface area contributed by atoms with Crippen LogP contribution in [0.15, 0.2) is 30.3 Å². The van der Waals surface area contributed by atoms with Crippen LogP contribution in [-0.2, 0) is 0 Å². The lowest BCUT2D eigenvalue weighted by Gasteiger charge is -2.37. The minimum Gasteiger partial charge on any atom is -0.388 e. The molecule has 0 aliphatic carbocycles. The normalized spacial score (nSPS) is 18.5. The third-order valence-electron chi connectivity index (χ3n) is 5.14. The van der Waals surface area contributed by atoms with E-state index in [0.717, 1.165) is 31.5 Å². The summed E-state index contributed by atoms with van der Waals surface area (Å²) in [5.74, 6) is 1.80. The molecule has 2 atom stereocenters. The molecule has 140 valence electrons. The Bertz CT molecular complexity index is 715. The summed E-state index contributed by atoms with van der Waals surface area (Å²) in [5.41, 5.74) is 6.85. The highest BCUT2D eigenvalue weighted by Gasteiger charge is 2.29. The number of rotatable bonds is 5. The molecule has 1 aliphatic heterocycles. The molecule has 1 aliphatic rings. The van der Waals surface area contributed by atoms with E-state index in [1.165, 1.54) is 0 Å². The van der Waals surface area contributed by atoms with Crippen LogP contribution >= 0.6 is 0 Å². The van der Waals surface area contributed by atoms with Crippen LogP contribution in [0.1, 0.15) is 43.3 Å². The first kappa shape index (κ1) is 18.5. The van der Waals surface area contributed by atoms with Gasteiger partial charge in [0.25, 0.3) is 0 Å². The molecule has 0 amide bonds. The number of anilines is 2. The fourth-order valence-corrected chi connectivity index (χ4v) is 3.49. The smallest absolute Gasteiger partial charge is 0.229 e. The van der Waals surface area contributed by atoms with Crippen LogP contribution in [0.25, 0.3) is 0 Å². The second kappa shape index (κ2) is 7.97. The van der Waals surface area contributed by atoms with E-state index < -0.39 is 6.10 Å². The van der Waals surface area contributed by atoms with E-state index in [2.05, 4.69) is 26.8 Å². The van der Waals surface area contributed by atoms with E-state index in [1.54, 1.807) is 0 Å². The lowest BCUT2D eigenvalue weighted by Crippen LogP contribution is -2.38. The molecule has 1 aromatic heterocycles. The number of nitrogens with two attached hydrogens (primary N) is 1. The standard InChI is InChI=1S/C19H28N6O/c1-13(17-21-18(20)23-19(22-17)24(2)3)25-11-9-15(10-12-25)16(26)14-7-5-4-6-8-14/h4-8,13,15-16,26H,9-12H2,1-3H3,(H2,20,21,22,23). The van der Waals surface area contributed by atoms with Gasteiger partial charge in [-0.2, -0.15) is 15.0 Å². The molecular formula is C19H28N6O. The fraction of sp³-hybridized carbons (Fsp3) is 0.526. The summed E-state index contributed by atoms with van der Waals surface area (Å²) in [6.45, 7) is 3.90. The van der Waals surface area contributed by atoms with E-state index in [-0.39, 0.29) is 17.9 Å². The van der Waals surface area contributed by atoms with Crippen LogP contribution in [0, 0.1) is 5.92 Å². The van der Waals surface area contributed by atoms with E-state index in [0.29, 0.717) is 11.8 Å². The summed E-state index contributed by atoms with van der Waals surface area (Å²) in [7, 11) is 3.78. The summed E-state index contributed by atoms with van der Waals surface area (Å²) in [6.07, 6.45) is 1.49. The molecule has 0 spiro atoms. The van der Waals surface area contributed by atoms with E-state index in [4.69, 9.17) is 5.73 Å². The van der Waals surface area contributed by atoms with E-state index >= 15 is 0 Å². The van der Waals surface area contributed by atoms with Gasteiger partial charge in [-0.1, -0.05) is 30.3 Å².